The number of rotatable bonds is 7. The molecule has 0 aliphatic rings. The number of amides is 1. The van der Waals surface area contributed by atoms with E-state index in [4.69, 9.17) is 0 Å². The van der Waals surface area contributed by atoms with Crippen LogP contribution in [0.15, 0.2) is 60.8 Å². The van der Waals surface area contributed by atoms with E-state index in [9.17, 15) is 4.79 Å². The highest BCUT2D eigenvalue weighted by Crippen LogP contribution is 2.33. The Kier molecular flexibility index (Phi) is 5.77. The van der Waals surface area contributed by atoms with Crippen LogP contribution in [0.5, 0.6) is 0 Å². The summed E-state index contributed by atoms with van der Waals surface area (Å²) in [6, 6.07) is 18.5. The highest BCUT2D eigenvalue weighted by Gasteiger charge is 2.21. The Morgan fingerprint density at radius 3 is 2.46 bits per heavy atom. The standard InChI is InChI=1S/C23H28N2O/c1-17(2)13-19(14-23(26)24-15-18-9-5-4-6-10-18)21-16-25(3)22-12-8-7-11-20(21)22/h4-12,16-17,19H,13-15H2,1-3H3,(H,24,26)/t19-/m1/s1. The largest absolute Gasteiger partial charge is 0.352 e. The quantitative estimate of drug-likeness (QED) is 0.639. The fourth-order valence-corrected chi connectivity index (χ4v) is 3.68. The minimum atomic E-state index is 0.118. The zero-order valence-corrected chi connectivity index (χ0v) is 15.9. The Morgan fingerprint density at radius 2 is 1.73 bits per heavy atom. The van der Waals surface area contributed by atoms with Gasteiger partial charge in [0.2, 0.25) is 5.91 Å². The second-order valence-electron chi connectivity index (χ2n) is 7.51. The minimum Gasteiger partial charge on any atom is -0.352 e. The van der Waals surface area contributed by atoms with Crippen molar-refractivity contribution < 1.29 is 4.79 Å². The fourth-order valence-electron chi connectivity index (χ4n) is 3.68. The number of nitrogens with one attached hydrogen (secondary N) is 1. The summed E-state index contributed by atoms with van der Waals surface area (Å²) in [7, 11) is 2.08. The maximum Gasteiger partial charge on any atom is 0.220 e. The second-order valence-corrected chi connectivity index (χ2v) is 7.51. The molecule has 0 fully saturated rings. The van der Waals surface area contributed by atoms with E-state index in [2.05, 4.69) is 61.2 Å². The van der Waals surface area contributed by atoms with Crippen LogP contribution in [0.1, 0.15) is 43.7 Å². The van der Waals surface area contributed by atoms with Gasteiger partial charge in [-0.2, -0.15) is 0 Å². The van der Waals surface area contributed by atoms with Gasteiger partial charge in [0, 0.05) is 37.1 Å². The first-order valence-electron chi connectivity index (χ1n) is 9.39. The van der Waals surface area contributed by atoms with Crippen LogP contribution in [0.4, 0.5) is 0 Å². The zero-order chi connectivity index (χ0) is 18.5. The summed E-state index contributed by atoms with van der Waals surface area (Å²) in [5.41, 5.74) is 3.64. The van der Waals surface area contributed by atoms with E-state index in [0.717, 1.165) is 12.0 Å². The summed E-state index contributed by atoms with van der Waals surface area (Å²) >= 11 is 0. The summed E-state index contributed by atoms with van der Waals surface area (Å²) in [4.78, 5) is 12.6. The first-order valence-corrected chi connectivity index (χ1v) is 9.39. The van der Waals surface area contributed by atoms with Gasteiger partial charge in [-0.15, -0.1) is 0 Å². The molecule has 1 aromatic heterocycles. The summed E-state index contributed by atoms with van der Waals surface area (Å²) in [6.07, 6.45) is 3.73. The van der Waals surface area contributed by atoms with Crippen molar-refractivity contribution in [2.45, 2.75) is 39.2 Å². The van der Waals surface area contributed by atoms with E-state index in [1.165, 1.54) is 16.5 Å². The number of hydrogen-bond donors (Lipinski definition) is 1. The molecular weight excluding hydrogens is 320 g/mol. The Labute approximate surface area is 156 Å². The third-order valence-electron chi connectivity index (χ3n) is 4.89. The monoisotopic (exact) mass is 348 g/mol. The molecule has 1 heterocycles. The smallest absolute Gasteiger partial charge is 0.220 e. The number of carbonyl (C=O) groups excluding carboxylic acids is 1. The van der Waals surface area contributed by atoms with Crippen molar-refractivity contribution in [1.29, 1.82) is 0 Å². The van der Waals surface area contributed by atoms with Gasteiger partial charge in [0.25, 0.3) is 0 Å². The van der Waals surface area contributed by atoms with Crippen molar-refractivity contribution in [3.63, 3.8) is 0 Å². The average Bonchev–Trinajstić information content (AvgIpc) is 2.97. The molecule has 3 heteroatoms. The maximum atomic E-state index is 12.6. The molecule has 26 heavy (non-hydrogen) atoms. The summed E-state index contributed by atoms with van der Waals surface area (Å²) in [6.45, 7) is 5.03. The SMILES string of the molecule is CC(C)C[C@H](CC(=O)NCc1ccccc1)c1cn(C)c2ccccc12. The molecule has 1 N–H and O–H groups in total. The van der Waals surface area contributed by atoms with Gasteiger partial charge < -0.3 is 9.88 Å². The van der Waals surface area contributed by atoms with Gasteiger partial charge in [-0.3, -0.25) is 4.79 Å². The molecule has 0 saturated carbocycles. The molecule has 0 radical (unpaired) electrons. The number of hydrogen-bond acceptors (Lipinski definition) is 1. The van der Waals surface area contributed by atoms with Gasteiger partial charge in [-0.05, 0) is 35.4 Å². The normalized spacial score (nSPS) is 12.5. The number of carbonyl (C=O) groups is 1. The highest BCUT2D eigenvalue weighted by molar-refractivity contribution is 5.85. The van der Waals surface area contributed by atoms with Crippen LogP contribution in [0.3, 0.4) is 0 Å². The fraction of sp³-hybridized carbons (Fsp3) is 0.348. The number of aryl methyl sites for hydroxylation is 1. The van der Waals surface area contributed by atoms with Crippen molar-refractivity contribution in [3.8, 4) is 0 Å². The Morgan fingerprint density at radius 1 is 1.04 bits per heavy atom. The lowest BCUT2D eigenvalue weighted by atomic mass is 9.87. The summed E-state index contributed by atoms with van der Waals surface area (Å²) < 4.78 is 2.17. The lowest BCUT2D eigenvalue weighted by Crippen LogP contribution is -2.25. The predicted octanol–water partition coefficient (Wildman–Crippen LogP) is 5.01. The van der Waals surface area contributed by atoms with Gasteiger partial charge >= 0.3 is 0 Å². The van der Waals surface area contributed by atoms with E-state index in [0.29, 0.717) is 18.9 Å². The predicted molar refractivity (Wildman–Crippen MR) is 108 cm³/mol. The lowest BCUT2D eigenvalue weighted by molar-refractivity contribution is -0.121. The number of fused-ring (bicyclic) bond motifs is 1. The number of para-hydroxylation sites is 1. The molecule has 0 saturated heterocycles. The molecule has 2 aromatic carbocycles. The maximum absolute atomic E-state index is 12.6. The third kappa shape index (κ3) is 4.34. The van der Waals surface area contributed by atoms with Crippen molar-refractivity contribution in [2.75, 3.05) is 0 Å². The van der Waals surface area contributed by atoms with Crippen LogP contribution in [-0.4, -0.2) is 10.5 Å². The Hall–Kier alpha value is -2.55. The van der Waals surface area contributed by atoms with Crippen molar-refractivity contribution >= 4 is 16.8 Å². The molecule has 3 rings (SSSR count). The zero-order valence-electron chi connectivity index (χ0n) is 15.9. The Balaban J connectivity index is 1.76. The molecule has 0 aliphatic heterocycles. The van der Waals surface area contributed by atoms with Crippen molar-refractivity contribution in [2.24, 2.45) is 13.0 Å². The van der Waals surface area contributed by atoms with E-state index >= 15 is 0 Å². The number of nitrogens with zero attached hydrogens (tertiary/aromatic N) is 1. The van der Waals surface area contributed by atoms with Gasteiger partial charge in [-0.25, -0.2) is 0 Å². The molecule has 136 valence electrons. The first kappa shape index (κ1) is 18.2. The summed E-state index contributed by atoms with van der Waals surface area (Å²) in [5.74, 6) is 0.894. The van der Waals surface area contributed by atoms with Crippen LogP contribution in [0, 0.1) is 5.92 Å². The van der Waals surface area contributed by atoms with Crippen LogP contribution < -0.4 is 5.32 Å². The van der Waals surface area contributed by atoms with Crippen LogP contribution in [-0.2, 0) is 18.4 Å². The molecule has 3 nitrogen and oxygen atoms in total. The lowest BCUT2D eigenvalue weighted by Gasteiger charge is -2.18. The van der Waals surface area contributed by atoms with Crippen molar-refractivity contribution in [1.82, 2.24) is 9.88 Å². The van der Waals surface area contributed by atoms with Gasteiger partial charge in [0.1, 0.15) is 0 Å². The number of benzene rings is 2. The van der Waals surface area contributed by atoms with Crippen LogP contribution in [0.25, 0.3) is 10.9 Å². The molecule has 0 bridgehead atoms. The molecule has 1 atom stereocenters. The van der Waals surface area contributed by atoms with Crippen LogP contribution in [0.2, 0.25) is 0 Å². The highest BCUT2D eigenvalue weighted by atomic mass is 16.1. The second kappa shape index (κ2) is 8.22. The van der Waals surface area contributed by atoms with Gasteiger partial charge in [0.05, 0.1) is 0 Å². The molecule has 3 aromatic rings. The Bertz CT molecular complexity index is 864. The first-order chi connectivity index (χ1) is 12.5. The molecule has 0 spiro atoms. The van der Waals surface area contributed by atoms with Crippen LogP contribution >= 0.6 is 0 Å². The van der Waals surface area contributed by atoms with E-state index in [1.807, 2.05) is 30.3 Å². The van der Waals surface area contributed by atoms with Crippen molar-refractivity contribution in [3.05, 3.63) is 71.9 Å². The van der Waals surface area contributed by atoms with Gasteiger partial charge in [-0.1, -0.05) is 62.4 Å². The molecule has 1 amide bonds. The molecule has 0 aliphatic carbocycles. The topological polar surface area (TPSA) is 34.0 Å². The molecule has 0 unspecified atom stereocenters. The van der Waals surface area contributed by atoms with E-state index in [-0.39, 0.29) is 11.8 Å². The van der Waals surface area contributed by atoms with Gasteiger partial charge in [0.15, 0.2) is 0 Å². The van der Waals surface area contributed by atoms with E-state index in [1.54, 1.807) is 0 Å². The average molecular weight is 348 g/mol. The number of aromatic nitrogens is 1. The van der Waals surface area contributed by atoms with E-state index < -0.39 is 0 Å². The minimum absolute atomic E-state index is 0.118. The molecular formula is C23H28N2O. The summed E-state index contributed by atoms with van der Waals surface area (Å²) in [5, 5.41) is 4.34. The third-order valence-corrected chi connectivity index (χ3v) is 4.89.